The zero-order valence-electron chi connectivity index (χ0n) is 16.7. The molecule has 0 spiro atoms. The van der Waals surface area contributed by atoms with Gasteiger partial charge >= 0.3 is 5.97 Å². The number of hydrogen-bond donors (Lipinski definition) is 8. The fraction of sp³-hybridized carbons (Fsp3) is 0.588. The SMILES string of the molecule is CC(C)C(NC(=O)C(CS)NC(=O)C(CS)NC(=O)C(N)Cc1cnc[nH]1)C(=O)O. The number of nitrogens with zero attached hydrogens (tertiary/aromatic N) is 1. The summed E-state index contributed by atoms with van der Waals surface area (Å²) in [5.74, 6) is -3.60. The minimum absolute atomic E-state index is 0.0427. The van der Waals surface area contributed by atoms with Crippen LogP contribution in [0.4, 0.5) is 0 Å². The van der Waals surface area contributed by atoms with Crippen molar-refractivity contribution in [3.8, 4) is 0 Å². The van der Waals surface area contributed by atoms with Crippen LogP contribution in [-0.2, 0) is 25.6 Å². The fourth-order valence-electron chi connectivity index (χ4n) is 2.43. The molecule has 30 heavy (non-hydrogen) atoms. The van der Waals surface area contributed by atoms with Gasteiger partial charge in [-0.1, -0.05) is 13.8 Å². The molecule has 0 fully saturated rings. The van der Waals surface area contributed by atoms with Gasteiger partial charge in [0, 0.05) is 29.8 Å². The number of H-pyrrole nitrogens is 1. The molecule has 13 heteroatoms. The third kappa shape index (κ3) is 7.88. The second kappa shape index (κ2) is 12.4. The van der Waals surface area contributed by atoms with E-state index in [4.69, 9.17) is 5.73 Å². The molecule has 168 valence electrons. The van der Waals surface area contributed by atoms with Crippen LogP contribution >= 0.6 is 25.3 Å². The first-order valence-corrected chi connectivity index (χ1v) is 10.5. The Morgan fingerprint density at radius 2 is 1.60 bits per heavy atom. The molecule has 1 aromatic heterocycles. The lowest BCUT2D eigenvalue weighted by atomic mass is 10.0. The van der Waals surface area contributed by atoms with Crippen LogP contribution in [0.5, 0.6) is 0 Å². The van der Waals surface area contributed by atoms with Crippen LogP contribution in [0.1, 0.15) is 19.5 Å². The standard InChI is InChI=1S/C17H28N6O5S2/c1-8(2)13(17(27)28)23-16(26)12(6-30)22-15(25)11(5-29)21-14(24)10(18)3-9-4-19-7-20-9/h4,7-8,10-13,29-30H,3,5-6,18H2,1-2H3,(H,19,20)(H,21,24)(H,22,25)(H,23,26)(H,27,28). The highest BCUT2D eigenvalue weighted by Gasteiger charge is 2.30. The van der Waals surface area contributed by atoms with Crippen molar-refractivity contribution in [2.75, 3.05) is 11.5 Å². The highest BCUT2D eigenvalue weighted by atomic mass is 32.1. The number of hydrogen-bond acceptors (Lipinski definition) is 8. The first-order chi connectivity index (χ1) is 14.1. The van der Waals surface area contributed by atoms with E-state index in [1.54, 1.807) is 13.8 Å². The van der Waals surface area contributed by atoms with Gasteiger partial charge in [-0.2, -0.15) is 25.3 Å². The Morgan fingerprint density at radius 3 is 2.03 bits per heavy atom. The quantitative estimate of drug-likeness (QED) is 0.172. The smallest absolute Gasteiger partial charge is 0.326 e. The first kappa shape index (κ1) is 25.8. The van der Waals surface area contributed by atoms with Gasteiger partial charge in [0.15, 0.2) is 0 Å². The highest BCUT2D eigenvalue weighted by Crippen LogP contribution is 2.03. The van der Waals surface area contributed by atoms with Crippen LogP contribution in [0.3, 0.4) is 0 Å². The molecular weight excluding hydrogens is 432 g/mol. The van der Waals surface area contributed by atoms with Crippen molar-refractivity contribution in [1.29, 1.82) is 0 Å². The van der Waals surface area contributed by atoms with E-state index in [1.807, 2.05) is 0 Å². The molecule has 1 aromatic rings. The molecule has 0 aliphatic heterocycles. The number of carboxylic acids is 1. The summed E-state index contributed by atoms with van der Waals surface area (Å²) in [6, 6.07) is -4.19. The Hall–Kier alpha value is -2.25. The number of aromatic nitrogens is 2. The normalized spacial score (nSPS) is 15.0. The molecule has 0 saturated heterocycles. The van der Waals surface area contributed by atoms with E-state index in [2.05, 4.69) is 51.2 Å². The van der Waals surface area contributed by atoms with E-state index in [1.165, 1.54) is 12.5 Å². The molecule has 0 bridgehead atoms. The molecule has 0 radical (unpaired) electrons. The van der Waals surface area contributed by atoms with E-state index < -0.39 is 47.9 Å². The second-order valence-corrected chi connectivity index (χ2v) is 7.67. The van der Waals surface area contributed by atoms with Gasteiger partial charge < -0.3 is 31.8 Å². The molecule has 1 rings (SSSR count). The number of carbonyl (C=O) groups excluding carboxylic acids is 3. The van der Waals surface area contributed by atoms with E-state index in [0.29, 0.717) is 5.69 Å². The van der Waals surface area contributed by atoms with Crippen LogP contribution in [0.15, 0.2) is 12.5 Å². The topological polar surface area (TPSA) is 179 Å². The van der Waals surface area contributed by atoms with Gasteiger partial charge in [0.2, 0.25) is 17.7 Å². The Bertz CT molecular complexity index is 730. The minimum Gasteiger partial charge on any atom is -0.480 e. The number of aromatic amines is 1. The minimum atomic E-state index is -1.19. The van der Waals surface area contributed by atoms with Crippen LogP contribution in [0, 0.1) is 5.92 Å². The lowest BCUT2D eigenvalue weighted by molar-refractivity contribution is -0.143. The maximum Gasteiger partial charge on any atom is 0.326 e. The number of aliphatic carboxylic acids is 1. The summed E-state index contributed by atoms with van der Waals surface area (Å²) in [6.07, 6.45) is 3.19. The molecule has 3 amide bonds. The third-order valence-corrected chi connectivity index (χ3v) is 4.92. The predicted octanol–water partition coefficient (Wildman–Crippen LogP) is -1.67. The van der Waals surface area contributed by atoms with Crippen LogP contribution in [0.2, 0.25) is 0 Å². The molecule has 0 aliphatic carbocycles. The van der Waals surface area contributed by atoms with Gasteiger partial charge in [-0.25, -0.2) is 9.78 Å². The van der Waals surface area contributed by atoms with E-state index in [0.717, 1.165) is 0 Å². The van der Waals surface area contributed by atoms with Crippen molar-refractivity contribution in [3.63, 3.8) is 0 Å². The number of amides is 3. The van der Waals surface area contributed by atoms with Gasteiger partial charge in [-0.15, -0.1) is 0 Å². The van der Waals surface area contributed by atoms with E-state index >= 15 is 0 Å². The van der Waals surface area contributed by atoms with Gasteiger partial charge in [-0.3, -0.25) is 14.4 Å². The van der Waals surface area contributed by atoms with Gasteiger partial charge in [0.1, 0.15) is 18.1 Å². The summed E-state index contributed by atoms with van der Waals surface area (Å²) in [5, 5.41) is 16.5. The molecule has 1 heterocycles. The Balaban J connectivity index is 2.69. The summed E-state index contributed by atoms with van der Waals surface area (Å²) in [6.45, 7) is 3.29. The number of thiol groups is 2. The second-order valence-electron chi connectivity index (χ2n) is 6.94. The van der Waals surface area contributed by atoms with Gasteiger partial charge in [0.05, 0.1) is 12.4 Å². The molecule has 4 atom stereocenters. The Kier molecular flexibility index (Phi) is 10.7. The molecule has 11 nitrogen and oxygen atoms in total. The summed E-state index contributed by atoms with van der Waals surface area (Å²) >= 11 is 8.12. The molecule has 7 N–H and O–H groups in total. The number of carboxylic acid groups (broad SMARTS) is 1. The van der Waals surface area contributed by atoms with Crippen molar-refractivity contribution in [2.24, 2.45) is 11.7 Å². The van der Waals surface area contributed by atoms with Crippen LogP contribution in [-0.4, -0.2) is 74.4 Å². The first-order valence-electron chi connectivity index (χ1n) is 9.19. The molecule has 4 unspecified atom stereocenters. The van der Waals surface area contributed by atoms with E-state index in [-0.39, 0.29) is 23.8 Å². The average Bonchev–Trinajstić information content (AvgIpc) is 3.19. The van der Waals surface area contributed by atoms with Crippen molar-refractivity contribution >= 4 is 48.9 Å². The third-order valence-electron chi connectivity index (χ3n) is 4.19. The maximum atomic E-state index is 12.5. The van der Waals surface area contributed by atoms with Crippen molar-refractivity contribution in [3.05, 3.63) is 18.2 Å². The molecular formula is C17H28N6O5S2. The van der Waals surface area contributed by atoms with Crippen LogP contribution in [0.25, 0.3) is 0 Å². The summed E-state index contributed by atoms with van der Waals surface area (Å²) < 4.78 is 0. The number of rotatable bonds is 12. The predicted molar refractivity (Wildman–Crippen MR) is 116 cm³/mol. The number of imidazole rings is 1. The summed E-state index contributed by atoms with van der Waals surface area (Å²) in [5.41, 5.74) is 6.51. The van der Waals surface area contributed by atoms with Gasteiger partial charge in [0.25, 0.3) is 0 Å². The monoisotopic (exact) mass is 460 g/mol. The highest BCUT2D eigenvalue weighted by molar-refractivity contribution is 7.80. The average molecular weight is 461 g/mol. The zero-order chi connectivity index (χ0) is 22.8. The lowest BCUT2D eigenvalue weighted by Gasteiger charge is -2.24. The molecule has 0 saturated carbocycles. The largest absolute Gasteiger partial charge is 0.480 e. The van der Waals surface area contributed by atoms with Gasteiger partial charge in [-0.05, 0) is 5.92 Å². The Morgan fingerprint density at radius 1 is 1.07 bits per heavy atom. The van der Waals surface area contributed by atoms with E-state index in [9.17, 15) is 24.3 Å². The van der Waals surface area contributed by atoms with Crippen molar-refractivity contribution in [1.82, 2.24) is 25.9 Å². The summed E-state index contributed by atoms with van der Waals surface area (Å²) in [7, 11) is 0. The lowest BCUT2D eigenvalue weighted by Crippen LogP contribution is -2.58. The van der Waals surface area contributed by atoms with Crippen LogP contribution < -0.4 is 21.7 Å². The number of carbonyl (C=O) groups is 4. The molecule has 0 aliphatic rings. The van der Waals surface area contributed by atoms with Crippen molar-refractivity contribution in [2.45, 2.75) is 44.4 Å². The Labute approximate surface area is 185 Å². The molecule has 0 aromatic carbocycles. The zero-order valence-corrected chi connectivity index (χ0v) is 18.5. The fourth-order valence-corrected chi connectivity index (χ4v) is 2.95. The number of nitrogens with one attached hydrogen (secondary N) is 4. The van der Waals surface area contributed by atoms with Crippen molar-refractivity contribution < 1.29 is 24.3 Å². The summed E-state index contributed by atoms with van der Waals surface area (Å²) in [4.78, 5) is 55.1. The number of nitrogens with two attached hydrogens (primary N) is 1. The maximum absolute atomic E-state index is 12.5.